The molecule has 20 heavy (non-hydrogen) atoms. The summed E-state index contributed by atoms with van der Waals surface area (Å²) < 4.78 is 10.5. The van der Waals surface area contributed by atoms with Crippen LogP contribution < -0.4 is 10.1 Å². The number of nitrogens with one attached hydrogen (secondary N) is 1. The average Bonchev–Trinajstić information content (AvgIpc) is 3.00. The Labute approximate surface area is 118 Å². The molecular weight excluding hydrogens is 254 g/mol. The minimum absolute atomic E-state index is 0.143. The number of furan rings is 1. The standard InChI is InChI=1S/C16H19NO3/c1-2-3-8-20-15-6-4-5-13(10-15)11-17-16(18)14-7-9-19-12-14/h4-7,9-10,12H,2-3,8,11H2,1H3,(H,17,18). The number of benzene rings is 1. The van der Waals surface area contributed by atoms with Gasteiger partial charge in [-0.1, -0.05) is 25.5 Å². The number of hydrogen-bond donors (Lipinski definition) is 1. The van der Waals surface area contributed by atoms with Crippen LogP contribution in [0.2, 0.25) is 0 Å². The first-order valence-electron chi connectivity index (χ1n) is 6.81. The van der Waals surface area contributed by atoms with E-state index in [1.165, 1.54) is 12.5 Å². The lowest BCUT2D eigenvalue weighted by atomic mass is 10.2. The fourth-order valence-corrected chi connectivity index (χ4v) is 1.76. The van der Waals surface area contributed by atoms with Gasteiger partial charge >= 0.3 is 0 Å². The van der Waals surface area contributed by atoms with Gasteiger partial charge in [-0.15, -0.1) is 0 Å². The summed E-state index contributed by atoms with van der Waals surface area (Å²) in [6.45, 7) is 3.32. The van der Waals surface area contributed by atoms with Gasteiger partial charge in [0.05, 0.1) is 18.4 Å². The summed E-state index contributed by atoms with van der Waals surface area (Å²) in [5.41, 5.74) is 1.54. The Morgan fingerprint density at radius 1 is 1.35 bits per heavy atom. The van der Waals surface area contributed by atoms with Gasteiger partial charge < -0.3 is 14.5 Å². The van der Waals surface area contributed by atoms with Crippen LogP contribution in [0.4, 0.5) is 0 Å². The van der Waals surface area contributed by atoms with Crippen molar-refractivity contribution >= 4 is 5.91 Å². The number of amides is 1. The maximum atomic E-state index is 11.8. The molecule has 1 aromatic carbocycles. The summed E-state index contributed by atoms with van der Waals surface area (Å²) >= 11 is 0. The summed E-state index contributed by atoms with van der Waals surface area (Å²) in [4.78, 5) is 11.8. The minimum Gasteiger partial charge on any atom is -0.494 e. The van der Waals surface area contributed by atoms with Gasteiger partial charge in [0.1, 0.15) is 12.0 Å². The number of carbonyl (C=O) groups excluding carboxylic acids is 1. The van der Waals surface area contributed by atoms with E-state index in [-0.39, 0.29) is 5.91 Å². The highest BCUT2D eigenvalue weighted by Crippen LogP contribution is 2.14. The van der Waals surface area contributed by atoms with Crippen molar-refractivity contribution in [1.29, 1.82) is 0 Å². The van der Waals surface area contributed by atoms with Crippen LogP contribution in [0.25, 0.3) is 0 Å². The molecule has 1 amide bonds. The summed E-state index contributed by atoms with van der Waals surface area (Å²) in [5.74, 6) is 0.699. The van der Waals surface area contributed by atoms with Crippen molar-refractivity contribution in [2.24, 2.45) is 0 Å². The number of carbonyl (C=O) groups is 1. The van der Waals surface area contributed by atoms with Gasteiger partial charge in [-0.3, -0.25) is 4.79 Å². The van der Waals surface area contributed by atoms with E-state index in [4.69, 9.17) is 9.15 Å². The molecule has 0 atom stereocenters. The molecule has 0 saturated heterocycles. The number of hydrogen-bond acceptors (Lipinski definition) is 3. The van der Waals surface area contributed by atoms with Crippen molar-refractivity contribution in [2.75, 3.05) is 6.61 Å². The van der Waals surface area contributed by atoms with Crippen LogP contribution in [0.3, 0.4) is 0 Å². The highest BCUT2D eigenvalue weighted by molar-refractivity contribution is 5.93. The first-order chi connectivity index (χ1) is 9.79. The second kappa shape index (κ2) is 7.38. The molecule has 1 N–H and O–H groups in total. The molecule has 1 aromatic heterocycles. The van der Waals surface area contributed by atoms with E-state index in [9.17, 15) is 4.79 Å². The van der Waals surface area contributed by atoms with E-state index in [0.717, 1.165) is 30.8 Å². The molecule has 0 fully saturated rings. The van der Waals surface area contributed by atoms with E-state index >= 15 is 0 Å². The molecule has 1 heterocycles. The van der Waals surface area contributed by atoms with Gasteiger partial charge in [-0.25, -0.2) is 0 Å². The molecule has 0 aliphatic heterocycles. The van der Waals surface area contributed by atoms with E-state index in [2.05, 4.69) is 12.2 Å². The van der Waals surface area contributed by atoms with Crippen LogP contribution in [0, 0.1) is 0 Å². The minimum atomic E-state index is -0.143. The van der Waals surface area contributed by atoms with E-state index in [1.807, 2.05) is 24.3 Å². The van der Waals surface area contributed by atoms with Crippen molar-refractivity contribution in [3.8, 4) is 5.75 Å². The molecule has 0 spiro atoms. The molecular formula is C16H19NO3. The summed E-state index contributed by atoms with van der Waals surface area (Å²) in [6, 6.07) is 9.41. The lowest BCUT2D eigenvalue weighted by Gasteiger charge is -2.08. The molecule has 0 aliphatic rings. The van der Waals surface area contributed by atoms with Crippen LogP contribution >= 0.6 is 0 Å². The zero-order valence-electron chi connectivity index (χ0n) is 11.6. The molecule has 0 radical (unpaired) electrons. The van der Waals surface area contributed by atoms with E-state index in [0.29, 0.717) is 12.1 Å². The molecule has 2 rings (SSSR count). The molecule has 0 bridgehead atoms. The number of ether oxygens (including phenoxy) is 1. The highest BCUT2D eigenvalue weighted by atomic mass is 16.5. The van der Waals surface area contributed by atoms with E-state index in [1.54, 1.807) is 6.07 Å². The SMILES string of the molecule is CCCCOc1cccc(CNC(=O)c2ccoc2)c1. The zero-order valence-corrected chi connectivity index (χ0v) is 11.6. The van der Waals surface area contributed by atoms with E-state index < -0.39 is 0 Å². The quantitative estimate of drug-likeness (QED) is 0.787. The Bertz CT molecular complexity index is 534. The summed E-state index contributed by atoms with van der Waals surface area (Å²) in [7, 11) is 0. The molecule has 4 nitrogen and oxygen atoms in total. The van der Waals surface area contributed by atoms with Gasteiger partial charge in [0, 0.05) is 6.54 Å². The lowest BCUT2D eigenvalue weighted by molar-refractivity contribution is 0.0950. The van der Waals surface area contributed by atoms with Gasteiger partial charge in [0.25, 0.3) is 5.91 Å². The predicted molar refractivity (Wildman–Crippen MR) is 76.7 cm³/mol. The van der Waals surface area contributed by atoms with Gasteiger partial charge in [0.15, 0.2) is 0 Å². The molecule has 4 heteroatoms. The second-order valence-electron chi connectivity index (χ2n) is 4.54. The molecule has 2 aromatic rings. The summed E-state index contributed by atoms with van der Waals surface area (Å²) in [6.07, 6.45) is 5.07. The summed E-state index contributed by atoms with van der Waals surface area (Å²) in [5, 5.41) is 2.84. The predicted octanol–water partition coefficient (Wildman–Crippen LogP) is 3.39. The van der Waals surface area contributed by atoms with Crippen LogP contribution in [0.1, 0.15) is 35.7 Å². The van der Waals surface area contributed by atoms with Crippen molar-refractivity contribution in [3.05, 3.63) is 54.0 Å². The smallest absolute Gasteiger partial charge is 0.254 e. The molecule has 0 unspecified atom stereocenters. The Balaban J connectivity index is 1.86. The molecule has 0 aliphatic carbocycles. The Kier molecular flexibility index (Phi) is 5.24. The lowest BCUT2D eigenvalue weighted by Crippen LogP contribution is -2.22. The third kappa shape index (κ3) is 4.16. The third-order valence-electron chi connectivity index (χ3n) is 2.90. The highest BCUT2D eigenvalue weighted by Gasteiger charge is 2.06. The Hall–Kier alpha value is -2.23. The van der Waals surface area contributed by atoms with Crippen molar-refractivity contribution in [1.82, 2.24) is 5.32 Å². The fourth-order valence-electron chi connectivity index (χ4n) is 1.76. The van der Waals surface area contributed by atoms with Gasteiger partial charge in [0.2, 0.25) is 0 Å². The normalized spacial score (nSPS) is 10.2. The van der Waals surface area contributed by atoms with Crippen LogP contribution in [-0.2, 0) is 6.54 Å². The Morgan fingerprint density at radius 2 is 2.25 bits per heavy atom. The van der Waals surface area contributed by atoms with Crippen LogP contribution in [-0.4, -0.2) is 12.5 Å². The second-order valence-corrected chi connectivity index (χ2v) is 4.54. The van der Waals surface area contributed by atoms with Crippen LogP contribution in [0.5, 0.6) is 5.75 Å². The van der Waals surface area contributed by atoms with Gasteiger partial charge in [-0.05, 0) is 30.2 Å². The molecule has 106 valence electrons. The van der Waals surface area contributed by atoms with Crippen molar-refractivity contribution in [2.45, 2.75) is 26.3 Å². The topological polar surface area (TPSA) is 51.5 Å². The average molecular weight is 273 g/mol. The van der Waals surface area contributed by atoms with Crippen LogP contribution in [0.15, 0.2) is 47.3 Å². The molecule has 0 saturated carbocycles. The first kappa shape index (κ1) is 14.2. The van der Waals surface area contributed by atoms with Crippen molar-refractivity contribution in [3.63, 3.8) is 0 Å². The zero-order chi connectivity index (χ0) is 14.2. The Morgan fingerprint density at radius 3 is 3.00 bits per heavy atom. The maximum Gasteiger partial charge on any atom is 0.254 e. The fraction of sp³-hybridized carbons (Fsp3) is 0.312. The number of rotatable bonds is 7. The van der Waals surface area contributed by atoms with Gasteiger partial charge in [-0.2, -0.15) is 0 Å². The number of unbranched alkanes of at least 4 members (excludes halogenated alkanes) is 1. The maximum absolute atomic E-state index is 11.8. The third-order valence-corrected chi connectivity index (χ3v) is 2.90. The monoisotopic (exact) mass is 273 g/mol. The largest absolute Gasteiger partial charge is 0.494 e. The van der Waals surface area contributed by atoms with Crippen molar-refractivity contribution < 1.29 is 13.9 Å². The first-order valence-corrected chi connectivity index (χ1v) is 6.81.